The Morgan fingerprint density at radius 1 is 0.422 bits per heavy atom. The van der Waals surface area contributed by atoms with Crippen LogP contribution in [0.3, 0.4) is 0 Å². The molecule has 0 N–H and O–H groups in total. The molecule has 0 aromatic heterocycles. The predicted molar refractivity (Wildman–Crippen MR) is 182 cm³/mol. The smallest absolute Gasteiger partial charge is 0.875 e. The van der Waals surface area contributed by atoms with Crippen molar-refractivity contribution in [2.75, 3.05) is 12.5 Å². The van der Waals surface area contributed by atoms with Crippen LogP contribution in [0.15, 0.2) is 35.5 Å². The van der Waals surface area contributed by atoms with Crippen LogP contribution in [0.2, 0.25) is 0 Å². The van der Waals surface area contributed by atoms with Crippen molar-refractivity contribution in [3.63, 3.8) is 0 Å². The summed E-state index contributed by atoms with van der Waals surface area (Å²) in [5, 5.41) is 34.3. The van der Waals surface area contributed by atoms with Gasteiger partial charge in [0.1, 0.15) is 0 Å². The minimum Gasteiger partial charge on any atom is -0.875 e. The van der Waals surface area contributed by atoms with E-state index in [4.69, 9.17) is 0 Å². The van der Waals surface area contributed by atoms with Gasteiger partial charge in [0.15, 0.2) is 17.3 Å². The molecule has 0 amide bonds. The van der Waals surface area contributed by atoms with E-state index in [1.165, 1.54) is 18.2 Å². The Morgan fingerprint density at radius 2 is 0.533 bits per heavy atom. The van der Waals surface area contributed by atoms with Gasteiger partial charge in [-0.15, -0.1) is 17.3 Å². The summed E-state index contributed by atoms with van der Waals surface area (Å²) in [5.41, 5.74) is -2.74. The molecule has 0 atom stereocenters. The third kappa shape index (κ3) is 32.8. The molecule has 0 saturated carbocycles. The molecule has 267 valence electrons. The molecule has 0 aliphatic carbocycles. The SMILES string of the molecule is CC(C)(C)C(=O)/C=C(\[O-])C(C)(C)C.CC(C)(C)C(=O)/C=C(\[O-])C(C)(C)C.CC(C)(C)C(=O)/C=C(\[O-])C(C)(C)C.CS(C)=O.[CH3-].[Gd+3]. The predicted octanol–water partition coefficient (Wildman–Crippen LogP) is 6.12. The summed E-state index contributed by atoms with van der Waals surface area (Å²) in [6.07, 6.45) is 6.94. The molecule has 0 spiro atoms. The van der Waals surface area contributed by atoms with E-state index in [0.29, 0.717) is 0 Å². The Morgan fingerprint density at radius 3 is 0.600 bits per heavy atom. The average molecular weight is 800 g/mol. The summed E-state index contributed by atoms with van der Waals surface area (Å²) in [6.45, 7) is 32.5. The second-order valence-electron chi connectivity index (χ2n) is 16.9. The summed E-state index contributed by atoms with van der Waals surface area (Å²) in [4.78, 5) is 34.3. The van der Waals surface area contributed by atoms with E-state index >= 15 is 0 Å². The van der Waals surface area contributed by atoms with E-state index in [1.54, 1.807) is 12.5 Å². The third-order valence-electron chi connectivity index (χ3n) is 5.22. The Kier molecular flexibility index (Phi) is 27.4. The number of carbonyl (C=O) groups is 3. The topological polar surface area (TPSA) is 137 Å². The van der Waals surface area contributed by atoms with Gasteiger partial charge in [-0.05, 0) is 34.5 Å². The van der Waals surface area contributed by atoms with Gasteiger partial charge in [-0.3, -0.25) is 18.6 Å². The molecule has 9 heteroatoms. The van der Waals surface area contributed by atoms with Crippen LogP contribution in [0.5, 0.6) is 0 Å². The maximum Gasteiger partial charge on any atom is 3.00 e. The molecule has 0 bridgehead atoms. The van der Waals surface area contributed by atoms with Gasteiger partial charge in [0.2, 0.25) is 0 Å². The van der Waals surface area contributed by atoms with Crippen molar-refractivity contribution < 1.29 is 73.9 Å². The molecular weight excluding hydrogens is 734 g/mol. The number of rotatable bonds is 3. The fourth-order valence-corrected chi connectivity index (χ4v) is 1.66. The van der Waals surface area contributed by atoms with Gasteiger partial charge >= 0.3 is 39.9 Å². The number of ketones is 3. The van der Waals surface area contributed by atoms with Crippen LogP contribution in [0, 0.1) is 79.9 Å². The van der Waals surface area contributed by atoms with Crippen LogP contribution in [0.25, 0.3) is 0 Å². The molecule has 1 radical (unpaired) electrons. The molecule has 0 aromatic rings. The zero-order valence-electron chi connectivity index (χ0n) is 32.4. The maximum absolute atomic E-state index is 11.4. The molecule has 7 nitrogen and oxygen atoms in total. The van der Waals surface area contributed by atoms with Crippen molar-refractivity contribution in [3.05, 3.63) is 42.9 Å². The minimum absolute atomic E-state index is 0. The normalized spacial score (nSPS) is 13.3. The van der Waals surface area contributed by atoms with E-state index < -0.39 is 43.3 Å². The Hall–Kier alpha value is -0.895. The first-order chi connectivity index (χ1) is 18.4. The van der Waals surface area contributed by atoms with E-state index in [2.05, 4.69) is 0 Å². The molecular formula is C36H66GdO7S-. The van der Waals surface area contributed by atoms with Crippen LogP contribution < -0.4 is 15.3 Å². The van der Waals surface area contributed by atoms with Crippen molar-refractivity contribution in [2.45, 2.75) is 125 Å². The van der Waals surface area contributed by atoms with E-state index in [1.807, 2.05) is 125 Å². The molecule has 0 aliphatic rings. The van der Waals surface area contributed by atoms with Crippen LogP contribution in [-0.4, -0.2) is 34.1 Å². The number of hydrogen-bond acceptors (Lipinski definition) is 7. The Bertz CT molecular complexity index is 897. The summed E-state index contributed by atoms with van der Waals surface area (Å²) in [7, 11) is -0.611. The van der Waals surface area contributed by atoms with Gasteiger partial charge in [-0.2, -0.15) is 0 Å². The standard InChI is InChI=1S/3C11H20O2.C2H6OS.CH3.Gd/c3*1-10(2,3)8(12)7-9(13)11(4,5)6;1-4(2)3;;/h3*7,12H,1-6H3;1-2H3;1H3;/q;;;;-1;+3/p-3/b3*8-7-;;;. The first kappa shape index (κ1) is 56.4. The van der Waals surface area contributed by atoms with Gasteiger partial charge < -0.3 is 22.7 Å². The quantitative estimate of drug-likeness (QED) is 0.191. The van der Waals surface area contributed by atoms with Crippen molar-refractivity contribution in [1.29, 1.82) is 0 Å². The molecule has 0 unspecified atom stereocenters. The second kappa shape index (κ2) is 21.9. The molecule has 0 aliphatic heterocycles. The first-order valence-corrected chi connectivity index (χ1v) is 16.4. The number of allylic oxidation sites excluding steroid dienone is 6. The molecule has 0 saturated heterocycles. The maximum atomic E-state index is 11.4. The molecule has 0 heterocycles. The Labute approximate surface area is 312 Å². The van der Waals surface area contributed by atoms with Crippen LogP contribution in [-0.2, 0) is 25.2 Å². The number of hydrogen-bond donors (Lipinski definition) is 0. The zero-order chi connectivity index (χ0) is 36.2. The fourth-order valence-electron chi connectivity index (χ4n) is 1.66. The van der Waals surface area contributed by atoms with Crippen LogP contribution in [0.4, 0.5) is 0 Å². The van der Waals surface area contributed by atoms with E-state index in [-0.39, 0.29) is 82.0 Å². The van der Waals surface area contributed by atoms with Crippen molar-refractivity contribution >= 4 is 28.1 Å². The molecule has 45 heavy (non-hydrogen) atoms. The molecule has 0 aromatic carbocycles. The van der Waals surface area contributed by atoms with Gasteiger partial charge in [-0.25, -0.2) is 0 Å². The van der Waals surface area contributed by atoms with E-state index in [9.17, 15) is 33.9 Å². The first-order valence-electron chi connectivity index (χ1n) is 14.4. The van der Waals surface area contributed by atoms with Crippen molar-refractivity contribution in [2.24, 2.45) is 32.5 Å². The monoisotopic (exact) mass is 800 g/mol. The largest absolute Gasteiger partial charge is 3.00 e. The van der Waals surface area contributed by atoms with Crippen molar-refractivity contribution in [3.8, 4) is 0 Å². The third-order valence-corrected chi connectivity index (χ3v) is 5.22. The Balaban J connectivity index is -0.000000117. The van der Waals surface area contributed by atoms with Gasteiger partial charge in [0, 0.05) is 39.6 Å². The summed E-state index contributed by atoms with van der Waals surface area (Å²) in [6, 6.07) is 0. The molecule has 0 fully saturated rings. The summed E-state index contributed by atoms with van der Waals surface area (Å²) < 4.78 is 9.56. The minimum atomic E-state index is -0.611. The van der Waals surface area contributed by atoms with Crippen molar-refractivity contribution in [1.82, 2.24) is 0 Å². The van der Waals surface area contributed by atoms with Gasteiger partial charge in [0.25, 0.3) is 0 Å². The summed E-state index contributed by atoms with van der Waals surface area (Å²) >= 11 is 0. The zero-order valence-corrected chi connectivity index (χ0v) is 35.4. The van der Waals surface area contributed by atoms with Gasteiger partial charge in [0.05, 0.1) is 0 Å². The van der Waals surface area contributed by atoms with Crippen LogP contribution in [0.1, 0.15) is 125 Å². The molecule has 0 rings (SSSR count). The summed E-state index contributed by atoms with van der Waals surface area (Å²) in [5.74, 6) is -0.625. The van der Waals surface area contributed by atoms with Gasteiger partial charge in [-0.1, -0.05) is 125 Å². The fraction of sp³-hybridized carbons (Fsp3) is 0.722. The van der Waals surface area contributed by atoms with E-state index in [0.717, 1.165) is 0 Å². The average Bonchev–Trinajstić information content (AvgIpc) is 2.69. The number of carbonyl (C=O) groups excluding carboxylic acids is 3. The van der Waals surface area contributed by atoms with Crippen LogP contribution >= 0.6 is 0 Å². The second-order valence-corrected chi connectivity index (χ2v) is 18.3.